The van der Waals surface area contributed by atoms with Crippen LogP contribution in [0.3, 0.4) is 0 Å². The maximum absolute atomic E-state index is 12.0. The van der Waals surface area contributed by atoms with Crippen LogP contribution in [0.15, 0.2) is 28.7 Å². The fourth-order valence-corrected chi connectivity index (χ4v) is 2.49. The zero-order valence-electron chi connectivity index (χ0n) is 9.67. The molecule has 0 fully saturated rings. The molecule has 1 atom stereocenters. The highest BCUT2D eigenvalue weighted by Gasteiger charge is 2.35. The maximum Gasteiger partial charge on any atom is 0.252 e. The van der Waals surface area contributed by atoms with E-state index in [2.05, 4.69) is 21.2 Å². The van der Waals surface area contributed by atoms with Gasteiger partial charge in [-0.25, -0.2) is 0 Å². The first-order chi connectivity index (χ1) is 8.70. The number of carbonyl (C=O) groups is 1. The molecular weight excluding hydrogens is 432 g/mol. The maximum atomic E-state index is 12.0. The van der Waals surface area contributed by atoms with Crippen molar-refractivity contribution in [3.63, 3.8) is 0 Å². The van der Waals surface area contributed by atoms with Crippen molar-refractivity contribution in [3.05, 3.63) is 34.3 Å². The third kappa shape index (κ3) is 6.74. The lowest BCUT2D eigenvalue weighted by atomic mass is 10.2. The molecule has 10 heteroatoms. The molecular formula is C10H9BrCl4N3OS-. The normalized spacial score (nSPS) is 12.2. The molecule has 0 aliphatic carbocycles. The Labute approximate surface area is 150 Å². The van der Waals surface area contributed by atoms with E-state index in [1.807, 2.05) is 0 Å². The van der Waals surface area contributed by atoms with Gasteiger partial charge in [0.25, 0.3) is 5.91 Å². The van der Waals surface area contributed by atoms with Gasteiger partial charge in [0.05, 0.1) is 0 Å². The van der Waals surface area contributed by atoms with Crippen LogP contribution >= 0.6 is 62.5 Å². The van der Waals surface area contributed by atoms with Crippen molar-refractivity contribution < 1.29 is 17.2 Å². The number of benzene rings is 1. The number of hydrogen-bond donors (Lipinski definition) is 3. The van der Waals surface area contributed by atoms with E-state index in [4.69, 9.17) is 45.9 Å². The Morgan fingerprint density at radius 1 is 1.35 bits per heavy atom. The Morgan fingerprint density at radius 2 is 1.85 bits per heavy atom. The molecule has 0 aromatic heterocycles. The molecule has 1 aromatic carbocycles. The number of halogens is 5. The number of nitrogens with two attached hydrogens (primary N) is 1. The molecule has 0 radical (unpaired) electrons. The van der Waals surface area contributed by atoms with Gasteiger partial charge in [-0.3, -0.25) is 10.2 Å². The van der Waals surface area contributed by atoms with E-state index in [9.17, 15) is 4.79 Å². The number of nitrogens with one attached hydrogen (secondary N) is 2. The third-order valence-electron chi connectivity index (χ3n) is 1.91. The summed E-state index contributed by atoms with van der Waals surface area (Å²) in [7, 11) is 0. The van der Waals surface area contributed by atoms with Crippen LogP contribution in [0.25, 0.3) is 0 Å². The van der Waals surface area contributed by atoms with E-state index in [1.165, 1.54) is 0 Å². The minimum atomic E-state index is -1.78. The number of rotatable bonds is 3. The lowest BCUT2D eigenvalue weighted by molar-refractivity contribution is -0.0000122. The topological polar surface area (TPSA) is 79.0 Å². The summed E-state index contributed by atoms with van der Waals surface area (Å²) in [6, 6.07) is 6.68. The Bertz CT molecular complexity index is 480. The van der Waals surface area contributed by atoms with Crippen LogP contribution in [0.5, 0.6) is 0 Å². The van der Waals surface area contributed by atoms with Crippen molar-refractivity contribution in [2.24, 2.45) is 5.73 Å². The zero-order chi connectivity index (χ0) is 14.6. The van der Waals surface area contributed by atoms with E-state index in [-0.39, 0.29) is 17.6 Å². The molecule has 4 N–H and O–H groups in total. The Hall–Kier alpha value is 0.150. The number of amidine groups is 1. The number of carbonyl (C=O) groups excluding carboxylic acids is 1. The van der Waals surface area contributed by atoms with Crippen LogP contribution in [0.2, 0.25) is 0 Å². The summed E-state index contributed by atoms with van der Waals surface area (Å²) < 4.78 is -0.929. The minimum absolute atomic E-state index is 0. The zero-order valence-corrected chi connectivity index (χ0v) is 15.1. The molecule has 1 rings (SSSR count). The van der Waals surface area contributed by atoms with Crippen LogP contribution in [-0.2, 0) is 0 Å². The monoisotopic (exact) mass is 438 g/mol. The van der Waals surface area contributed by atoms with E-state index < -0.39 is 15.1 Å². The standard InChI is InChI=1S/C10H9BrCl3N3OS.ClH/c11-6-3-1-5(2-4-6)7(18)17-8(10(12,13)14)19-9(15)16;/h1-4,8H,(H3,15,16)(H,17,18);1H/p-1. The quantitative estimate of drug-likeness (QED) is 0.277. The van der Waals surface area contributed by atoms with E-state index in [1.54, 1.807) is 24.3 Å². The molecule has 112 valence electrons. The molecule has 1 aromatic rings. The minimum Gasteiger partial charge on any atom is -1.00 e. The fraction of sp³-hybridized carbons (Fsp3) is 0.200. The molecule has 0 aliphatic heterocycles. The summed E-state index contributed by atoms with van der Waals surface area (Å²) in [5, 5.41) is 8.50. The van der Waals surface area contributed by atoms with Crippen molar-refractivity contribution in [3.8, 4) is 0 Å². The average molecular weight is 441 g/mol. The Balaban J connectivity index is 0.00000361. The summed E-state index contributed by atoms with van der Waals surface area (Å²) in [6.45, 7) is 0. The lowest BCUT2D eigenvalue weighted by Crippen LogP contribution is -3.00. The second-order valence-electron chi connectivity index (χ2n) is 3.38. The van der Waals surface area contributed by atoms with Gasteiger partial charge in [0, 0.05) is 10.0 Å². The third-order valence-corrected chi connectivity index (χ3v) is 4.44. The van der Waals surface area contributed by atoms with Crippen LogP contribution in [0.1, 0.15) is 10.4 Å². The summed E-state index contributed by atoms with van der Waals surface area (Å²) >= 11 is 21.2. The molecule has 0 saturated heterocycles. The van der Waals surface area contributed by atoms with Gasteiger partial charge in [-0.1, -0.05) is 62.5 Å². The van der Waals surface area contributed by atoms with Crippen molar-refractivity contribution in [1.82, 2.24) is 5.32 Å². The largest absolute Gasteiger partial charge is 1.00 e. The number of amides is 1. The summed E-state index contributed by atoms with van der Waals surface area (Å²) in [4.78, 5) is 12.0. The van der Waals surface area contributed by atoms with Gasteiger partial charge in [0.15, 0.2) is 5.17 Å². The predicted octanol–water partition coefficient (Wildman–Crippen LogP) is 0.506. The summed E-state index contributed by atoms with van der Waals surface area (Å²) in [5.41, 5.74) is 5.65. The summed E-state index contributed by atoms with van der Waals surface area (Å²) in [6.07, 6.45) is 0. The van der Waals surface area contributed by atoms with Gasteiger partial charge in [-0.15, -0.1) is 0 Å². The lowest BCUT2D eigenvalue weighted by Gasteiger charge is -2.24. The first-order valence-corrected chi connectivity index (χ1v) is 7.64. The average Bonchev–Trinajstić information content (AvgIpc) is 2.27. The van der Waals surface area contributed by atoms with E-state index in [0.717, 1.165) is 16.2 Å². The molecule has 0 saturated carbocycles. The smallest absolute Gasteiger partial charge is 0.252 e. The van der Waals surface area contributed by atoms with Crippen LogP contribution in [-0.4, -0.2) is 20.2 Å². The van der Waals surface area contributed by atoms with Crippen LogP contribution < -0.4 is 23.5 Å². The van der Waals surface area contributed by atoms with Crippen molar-refractivity contribution in [2.75, 3.05) is 0 Å². The van der Waals surface area contributed by atoms with Gasteiger partial charge in [0.2, 0.25) is 3.79 Å². The Morgan fingerprint density at radius 3 is 2.25 bits per heavy atom. The number of hydrogen-bond acceptors (Lipinski definition) is 3. The van der Waals surface area contributed by atoms with Crippen LogP contribution in [0.4, 0.5) is 0 Å². The van der Waals surface area contributed by atoms with E-state index >= 15 is 0 Å². The molecule has 0 spiro atoms. The second kappa shape index (κ2) is 8.56. The second-order valence-corrected chi connectivity index (χ2v) is 7.82. The molecule has 1 unspecified atom stereocenters. The molecule has 0 bridgehead atoms. The number of thioether (sulfide) groups is 1. The van der Waals surface area contributed by atoms with Crippen LogP contribution in [0, 0.1) is 5.41 Å². The first kappa shape index (κ1) is 20.1. The fourth-order valence-electron chi connectivity index (χ4n) is 1.11. The SMILES string of the molecule is N=C(N)SC(NC(=O)c1ccc(Br)cc1)C(Cl)(Cl)Cl.[Cl-]. The van der Waals surface area contributed by atoms with Gasteiger partial charge in [-0.05, 0) is 24.3 Å². The highest BCUT2D eigenvalue weighted by molar-refractivity contribution is 9.10. The van der Waals surface area contributed by atoms with Gasteiger partial charge >= 0.3 is 0 Å². The van der Waals surface area contributed by atoms with Crippen molar-refractivity contribution in [1.29, 1.82) is 5.41 Å². The molecule has 4 nitrogen and oxygen atoms in total. The van der Waals surface area contributed by atoms with Crippen molar-refractivity contribution in [2.45, 2.75) is 9.17 Å². The number of alkyl halides is 3. The molecule has 1 amide bonds. The first-order valence-electron chi connectivity index (χ1n) is 4.84. The van der Waals surface area contributed by atoms with Gasteiger partial charge < -0.3 is 23.5 Å². The van der Waals surface area contributed by atoms with Gasteiger partial charge in [-0.2, -0.15) is 0 Å². The van der Waals surface area contributed by atoms with Gasteiger partial charge in [0.1, 0.15) is 5.37 Å². The highest BCUT2D eigenvalue weighted by atomic mass is 79.9. The predicted molar refractivity (Wildman–Crippen MR) is 85.2 cm³/mol. The molecule has 20 heavy (non-hydrogen) atoms. The van der Waals surface area contributed by atoms with E-state index in [0.29, 0.717) is 5.56 Å². The highest BCUT2D eigenvalue weighted by Crippen LogP contribution is 2.36. The summed E-state index contributed by atoms with van der Waals surface area (Å²) in [5.74, 6) is -0.419. The molecule has 0 aliphatic rings. The molecule has 0 heterocycles. The van der Waals surface area contributed by atoms with Crippen molar-refractivity contribution >= 4 is 73.6 Å². The Kier molecular flexibility index (Phi) is 8.62.